The molecule has 104 valence electrons. The van der Waals surface area contributed by atoms with Crippen LogP contribution in [-0.4, -0.2) is 16.3 Å². The van der Waals surface area contributed by atoms with Gasteiger partial charge in [0.2, 0.25) is 0 Å². The average Bonchev–Trinajstić information content (AvgIpc) is 2.47. The van der Waals surface area contributed by atoms with E-state index in [-0.39, 0.29) is 11.8 Å². The summed E-state index contributed by atoms with van der Waals surface area (Å²) in [5.74, 6) is 0.214. The number of hydrogen-bond acceptors (Lipinski definition) is 3. The summed E-state index contributed by atoms with van der Waals surface area (Å²) in [6, 6.07) is 14.9. The van der Waals surface area contributed by atoms with Gasteiger partial charge in [-0.15, -0.1) is 0 Å². The number of phenolic OH excluding ortho intramolecular Hbond substituents is 1. The van der Waals surface area contributed by atoms with E-state index in [2.05, 4.69) is 11.4 Å². The molecule has 0 aromatic heterocycles. The third-order valence-electron chi connectivity index (χ3n) is 4.18. The molecule has 0 aliphatic carbocycles. The zero-order valence-corrected chi connectivity index (χ0v) is 11.5. The third-order valence-corrected chi connectivity index (χ3v) is 4.18. The highest BCUT2D eigenvalue weighted by atomic mass is 16.3. The number of benzene rings is 2. The highest BCUT2D eigenvalue weighted by molar-refractivity contribution is 5.54. The molecule has 0 saturated carbocycles. The zero-order valence-electron chi connectivity index (χ0n) is 11.5. The van der Waals surface area contributed by atoms with Gasteiger partial charge in [-0.05, 0) is 49.1 Å². The van der Waals surface area contributed by atoms with Crippen LogP contribution < -0.4 is 5.32 Å². The predicted octanol–water partition coefficient (Wildman–Crippen LogP) is 3.03. The first-order valence-corrected chi connectivity index (χ1v) is 6.94. The van der Waals surface area contributed by atoms with E-state index >= 15 is 0 Å². The summed E-state index contributed by atoms with van der Waals surface area (Å²) in [5.41, 5.74) is 2.24. The van der Waals surface area contributed by atoms with Crippen LogP contribution >= 0.6 is 0 Å². The normalized spacial score (nSPS) is 20.6. The number of anilines is 1. The molecular formula is C17H19NO2. The molecule has 3 nitrogen and oxygen atoms in total. The summed E-state index contributed by atoms with van der Waals surface area (Å²) in [6.07, 6.45) is 1.84. The maximum absolute atomic E-state index is 10.9. The molecule has 0 saturated heterocycles. The summed E-state index contributed by atoms with van der Waals surface area (Å²) >= 11 is 0. The fourth-order valence-corrected chi connectivity index (χ4v) is 2.86. The Labute approximate surface area is 118 Å². The number of rotatable bonds is 2. The topological polar surface area (TPSA) is 52.5 Å². The summed E-state index contributed by atoms with van der Waals surface area (Å²) in [6.45, 7) is 1.82. The van der Waals surface area contributed by atoms with Crippen molar-refractivity contribution in [3.8, 4) is 5.75 Å². The molecule has 1 heterocycles. The fraction of sp³-hybridized carbons (Fsp3) is 0.294. The molecule has 0 bridgehead atoms. The molecule has 2 atom stereocenters. The van der Waals surface area contributed by atoms with E-state index in [1.807, 2.05) is 25.1 Å². The Balaban J connectivity index is 1.88. The van der Waals surface area contributed by atoms with Gasteiger partial charge in [0.05, 0.1) is 6.04 Å². The predicted molar refractivity (Wildman–Crippen MR) is 79.9 cm³/mol. The highest BCUT2D eigenvalue weighted by Gasteiger charge is 2.35. The van der Waals surface area contributed by atoms with Crippen LogP contribution in [0.5, 0.6) is 5.75 Å². The molecule has 0 spiro atoms. The van der Waals surface area contributed by atoms with Crippen molar-refractivity contribution in [1.82, 2.24) is 0 Å². The van der Waals surface area contributed by atoms with Crippen LogP contribution in [-0.2, 0) is 12.0 Å². The molecule has 2 aromatic rings. The maximum atomic E-state index is 10.9. The van der Waals surface area contributed by atoms with Gasteiger partial charge < -0.3 is 15.5 Å². The van der Waals surface area contributed by atoms with Crippen LogP contribution in [0.15, 0.2) is 48.5 Å². The van der Waals surface area contributed by atoms with Crippen molar-refractivity contribution in [2.24, 2.45) is 0 Å². The SMILES string of the molecule is CC(O)(c1ccc(O)cc1)C1CCc2ccccc2N1. The van der Waals surface area contributed by atoms with E-state index < -0.39 is 5.60 Å². The molecule has 20 heavy (non-hydrogen) atoms. The minimum absolute atomic E-state index is 0.0399. The first-order valence-electron chi connectivity index (χ1n) is 6.94. The minimum Gasteiger partial charge on any atom is -0.508 e. The Morgan fingerprint density at radius 1 is 1.10 bits per heavy atom. The number of hydrogen-bond donors (Lipinski definition) is 3. The van der Waals surface area contributed by atoms with Crippen molar-refractivity contribution in [3.05, 3.63) is 59.7 Å². The number of aromatic hydroxyl groups is 1. The molecule has 1 aliphatic rings. The molecule has 2 unspecified atom stereocenters. The van der Waals surface area contributed by atoms with Crippen LogP contribution in [0.25, 0.3) is 0 Å². The van der Waals surface area contributed by atoms with E-state index in [0.29, 0.717) is 0 Å². The van der Waals surface area contributed by atoms with E-state index in [4.69, 9.17) is 0 Å². The van der Waals surface area contributed by atoms with Crippen molar-refractivity contribution in [2.45, 2.75) is 31.4 Å². The van der Waals surface area contributed by atoms with Gasteiger partial charge >= 0.3 is 0 Å². The van der Waals surface area contributed by atoms with Crippen molar-refractivity contribution in [2.75, 3.05) is 5.32 Å². The lowest BCUT2D eigenvalue weighted by molar-refractivity contribution is 0.0322. The van der Waals surface area contributed by atoms with Crippen LogP contribution in [0.3, 0.4) is 0 Å². The maximum Gasteiger partial charge on any atom is 0.115 e. The van der Waals surface area contributed by atoms with Crippen molar-refractivity contribution in [3.63, 3.8) is 0 Å². The highest BCUT2D eigenvalue weighted by Crippen LogP contribution is 2.34. The number of phenols is 1. The smallest absolute Gasteiger partial charge is 0.115 e. The van der Waals surface area contributed by atoms with Gasteiger partial charge in [0, 0.05) is 5.69 Å². The number of fused-ring (bicyclic) bond motifs is 1. The molecule has 0 amide bonds. The van der Waals surface area contributed by atoms with Crippen molar-refractivity contribution in [1.29, 1.82) is 0 Å². The Morgan fingerprint density at radius 3 is 2.55 bits per heavy atom. The Hall–Kier alpha value is -2.00. The average molecular weight is 269 g/mol. The van der Waals surface area contributed by atoms with Gasteiger partial charge in [-0.25, -0.2) is 0 Å². The Morgan fingerprint density at radius 2 is 1.80 bits per heavy atom. The van der Waals surface area contributed by atoms with Gasteiger partial charge in [0.25, 0.3) is 0 Å². The number of aliphatic hydroxyl groups is 1. The lowest BCUT2D eigenvalue weighted by atomic mass is 9.82. The van der Waals surface area contributed by atoms with Crippen molar-refractivity contribution < 1.29 is 10.2 Å². The monoisotopic (exact) mass is 269 g/mol. The van der Waals surface area contributed by atoms with Gasteiger partial charge in [0.15, 0.2) is 0 Å². The summed E-state index contributed by atoms with van der Waals surface area (Å²) in [4.78, 5) is 0. The van der Waals surface area contributed by atoms with E-state index in [1.165, 1.54) is 5.56 Å². The Kier molecular flexibility index (Phi) is 3.14. The summed E-state index contributed by atoms with van der Waals surface area (Å²) in [5, 5.41) is 23.7. The lowest BCUT2D eigenvalue weighted by Crippen LogP contribution is -2.44. The number of nitrogens with one attached hydrogen (secondary N) is 1. The molecular weight excluding hydrogens is 250 g/mol. The van der Waals surface area contributed by atoms with E-state index in [0.717, 1.165) is 24.1 Å². The molecule has 3 heteroatoms. The molecule has 0 radical (unpaired) electrons. The molecule has 2 aromatic carbocycles. The molecule has 0 fully saturated rings. The third kappa shape index (κ3) is 2.25. The van der Waals surface area contributed by atoms with Crippen LogP contribution in [0.4, 0.5) is 5.69 Å². The molecule has 1 aliphatic heterocycles. The van der Waals surface area contributed by atoms with Crippen LogP contribution in [0.1, 0.15) is 24.5 Å². The fourth-order valence-electron chi connectivity index (χ4n) is 2.86. The van der Waals surface area contributed by atoms with E-state index in [1.54, 1.807) is 24.3 Å². The second-order valence-corrected chi connectivity index (χ2v) is 5.59. The van der Waals surface area contributed by atoms with E-state index in [9.17, 15) is 10.2 Å². The largest absolute Gasteiger partial charge is 0.508 e. The van der Waals surface area contributed by atoms with Crippen LogP contribution in [0.2, 0.25) is 0 Å². The van der Waals surface area contributed by atoms with Gasteiger partial charge in [-0.1, -0.05) is 30.3 Å². The summed E-state index contributed by atoms with van der Waals surface area (Å²) < 4.78 is 0. The van der Waals surface area contributed by atoms with Gasteiger partial charge in [-0.2, -0.15) is 0 Å². The zero-order chi connectivity index (χ0) is 14.2. The molecule has 3 N–H and O–H groups in total. The van der Waals surface area contributed by atoms with Crippen molar-refractivity contribution >= 4 is 5.69 Å². The summed E-state index contributed by atoms with van der Waals surface area (Å²) in [7, 11) is 0. The van der Waals surface area contributed by atoms with Crippen LogP contribution in [0, 0.1) is 0 Å². The van der Waals surface area contributed by atoms with Gasteiger partial charge in [0.1, 0.15) is 11.4 Å². The molecule has 3 rings (SSSR count). The standard InChI is InChI=1S/C17H19NO2/c1-17(20,13-7-9-14(19)10-8-13)16-11-6-12-4-2-3-5-15(12)18-16/h2-5,7-10,16,18-20H,6,11H2,1H3. The minimum atomic E-state index is -0.971. The lowest BCUT2D eigenvalue weighted by Gasteiger charge is -2.38. The second-order valence-electron chi connectivity index (χ2n) is 5.59. The first kappa shape index (κ1) is 13.0. The quantitative estimate of drug-likeness (QED) is 0.785. The number of para-hydroxylation sites is 1. The first-order chi connectivity index (χ1) is 9.57. The van der Waals surface area contributed by atoms with Gasteiger partial charge in [-0.3, -0.25) is 0 Å². The number of aryl methyl sites for hydroxylation is 1. The Bertz CT molecular complexity index is 605. The second kappa shape index (κ2) is 4.84.